The summed E-state index contributed by atoms with van der Waals surface area (Å²) in [6.45, 7) is 5.22. The van der Waals surface area contributed by atoms with Crippen molar-refractivity contribution in [1.29, 1.82) is 0 Å². The molecule has 1 aromatic carbocycles. The van der Waals surface area contributed by atoms with Crippen molar-refractivity contribution in [2.24, 2.45) is 11.8 Å². The number of hydrogen-bond donors (Lipinski definition) is 2. The Hall–Kier alpha value is -4.34. The van der Waals surface area contributed by atoms with Gasteiger partial charge in [-0.3, -0.25) is 24.0 Å². The van der Waals surface area contributed by atoms with E-state index >= 15 is 0 Å². The van der Waals surface area contributed by atoms with Crippen LogP contribution in [-0.4, -0.2) is 51.7 Å². The zero-order chi connectivity index (χ0) is 30.4. The van der Waals surface area contributed by atoms with Crippen LogP contribution in [0.1, 0.15) is 62.4 Å². The Morgan fingerprint density at radius 2 is 1.76 bits per heavy atom. The van der Waals surface area contributed by atoms with Crippen LogP contribution in [0.3, 0.4) is 0 Å². The number of amides is 1. The van der Waals surface area contributed by atoms with Gasteiger partial charge in [0.15, 0.2) is 11.6 Å². The maximum Gasteiger partial charge on any atom is 0.330 e. The molecule has 0 aliphatic carbocycles. The summed E-state index contributed by atoms with van der Waals surface area (Å²) >= 11 is 0. The second-order valence-electron chi connectivity index (χ2n) is 9.81. The van der Waals surface area contributed by atoms with Crippen molar-refractivity contribution < 1.29 is 33.8 Å². The molecule has 0 aliphatic rings. The zero-order valence-electron chi connectivity index (χ0n) is 23.7. The van der Waals surface area contributed by atoms with Crippen LogP contribution >= 0.6 is 0 Å². The summed E-state index contributed by atoms with van der Waals surface area (Å²) in [6, 6.07) is 10.5. The number of nitrogens with one attached hydrogen (secondary N) is 1. The Morgan fingerprint density at radius 3 is 2.39 bits per heavy atom. The summed E-state index contributed by atoms with van der Waals surface area (Å²) in [6.07, 6.45) is 4.81. The molecule has 0 bridgehead atoms. The van der Waals surface area contributed by atoms with Crippen molar-refractivity contribution in [2.75, 3.05) is 6.61 Å². The van der Waals surface area contributed by atoms with Crippen molar-refractivity contribution in [3.63, 3.8) is 0 Å². The molecule has 41 heavy (non-hydrogen) atoms. The van der Waals surface area contributed by atoms with Crippen molar-refractivity contribution in [3.8, 4) is 0 Å². The summed E-state index contributed by atoms with van der Waals surface area (Å²) in [7, 11) is 0. The number of carboxylic acid groups (broad SMARTS) is 1. The Morgan fingerprint density at radius 1 is 1.05 bits per heavy atom. The molecule has 0 spiro atoms. The molecule has 1 unspecified atom stereocenters. The second kappa shape index (κ2) is 16.7. The SMILES string of the molecule is CCOC(=O)/C=C/CC[C@H](NC(=O)c1ccccc1)C(=O)Cc1cccn(CC(=O)C[C@H](C(=O)O)C(C)CC)c1=O. The largest absolute Gasteiger partial charge is 0.481 e. The molecule has 0 saturated heterocycles. The van der Waals surface area contributed by atoms with Crippen LogP contribution in [0, 0.1) is 11.8 Å². The number of benzene rings is 1. The van der Waals surface area contributed by atoms with E-state index in [0.717, 1.165) is 0 Å². The minimum absolute atomic E-state index is 0.142. The number of aromatic nitrogens is 1. The van der Waals surface area contributed by atoms with Gasteiger partial charge in [0.1, 0.15) is 0 Å². The highest BCUT2D eigenvalue weighted by Crippen LogP contribution is 2.20. The summed E-state index contributed by atoms with van der Waals surface area (Å²) < 4.78 is 6.01. The monoisotopic (exact) mass is 566 g/mol. The lowest BCUT2D eigenvalue weighted by Crippen LogP contribution is -2.42. The molecule has 1 heterocycles. The summed E-state index contributed by atoms with van der Waals surface area (Å²) in [5, 5.41) is 12.2. The number of esters is 1. The highest BCUT2D eigenvalue weighted by molar-refractivity contribution is 5.98. The first kappa shape index (κ1) is 32.9. The highest BCUT2D eigenvalue weighted by Gasteiger charge is 2.27. The average Bonchev–Trinajstić information content (AvgIpc) is 2.95. The van der Waals surface area contributed by atoms with Gasteiger partial charge in [-0.2, -0.15) is 0 Å². The smallest absolute Gasteiger partial charge is 0.330 e. The van der Waals surface area contributed by atoms with Gasteiger partial charge < -0.3 is 19.7 Å². The molecular weight excluding hydrogens is 528 g/mol. The standard InChI is InChI=1S/C31H38N2O8/c1-4-21(3)25(31(39)40)19-24(34)20-33-17-11-14-23(30(33)38)18-27(35)26(15-9-10-16-28(36)41-5-2)32-29(37)22-12-7-6-8-13-22/h6-8,10-14,16-17,21,25-26H,4-5,9,15,18-20H2,1-3H3,(H,32,37)(H,39,40)/b16-10+/t21?,25-,26-/m0/s1. The van der Waals surface area contributed by atoms with Crippen LogP contribution in [0.2, 0.25) is 0 Å². The number of carbonyl (C=O) groups is 5. The topological polar surface area (TPSA) is 149 Å². The first-order chi connectivity index (χ1) is 19.6. The normalized spacial score (nSPS) is 13.2. The van der Waals surface area contributed by atoms with Crippen LogP contribution in [0.15, 0.2) is 65.6 Å². The number of pyridine rings is 1. The Kier molecular flexibility index (Phi) is 13.4. The first-order valence-electron chi connectivity index (χ1n) is 13.7. The van der Waals surface area contributed by atoms with Crippen molar-refractivity contribution >= 4 is 29.4 Å². The van der Waals surface area contributed by atoms with E-state index in [1.807, 2.05) is 6.92 Å². The van der Waals surface area contributed by atoms with Gasteiger partial charge in [-0.1, -0.05) is 50.6 Å². The molecule has 2 rings (SSSR count). The van der Waals surface area contributed by atoms with Gasteiger partial charge in [0.2, 0.25) is 0 Å². The van der Waals surface area contributed by atoms with Crippen molar-refractivity contribution in [1.82, 2.24) is 9.88 Å². The molecule has 0 radical (unpaired) electrons. The quantitative estimate of drug-likeness (QED) is 0.219. The summed E-state index contributed by atoms with van der Waals surface area (Å²) in [4.78, 5) is 75.0. The number of ketones is 2. The minimum Gasteiger partial charge on any atom is -0.481 e. The number of ether oxygens (including phenoxy) is 1. The molecule has 10 heteroatoms. The third-order valence-electron chi connectivity index (χ3n) is 6.80. The van der Waals surface area contributed by atoms with E-state index in [9.17, 15) is 33.9 Å². The van der Waals surface area contributed by atoms with Gasteiger partial charge >= 0.3 is 11.9 Å². The van der Waals surface area contributed by atoms with Gasteiger partial charge in [0.25, 0.3) is 11.5 Å². The number of rotatable bonds is 17. The molecule has 0 saturated carbocycles. The van der Waals surface area contributed by atoms with E-state index in [4.69, 9.17) is 4.74 Å². The van der Waals surface area contributed by atoms with Gasteiger partial charge in [-0.05, 0) is 43.9 Å². The van der Waals surface area contributed by atoms with Gasteiger partial charge in [-0.25, -0.2) is 4.79 Å². The third-order valence-corrected chi connectivity index (χ3v) is 6.80. The molecule has 0 aliphatic heterocycles. The third kappa shape index (κ3) is 10.6. The molecule has 1 amide bonds. The van der Waals surface area contributed by atoms with Gasteiger partial charge in [0, 0.05) is 36.2 Å². The van der Waals surface area contributed by atoms with E-state index < -0.39 is 46.9 Å². The van der Waals surface area contributed by atoms with Crippen LogP contribution in [0.25, 0.3) is 0 Å². The number of nitrogens with zero attached hydrogens (tertiary/aromatic N) is 1. The Bertz CT molecular complexity index is 1300. The van der Waals surface area contributed by atoms with Crippen LogP contribution < -0.4 is 10.9 Å². The van der Waals surface area contributed by atoms with E-state index in [1.165, 1.54) is 22.9 Å². The zero-order valence-corrected chi connectivity index (χ0v) is 23.7. The Labute approximate surface area is 239 Å². The van der Waals surface area contributed by atoms with E-state index in [2.05, 4.69) is 5.32 Å². The minimum atomic E-state index is -1.06. The second-order valence-corrected chi connectivity index (χ2v) is 9.81. The lowest BCUT2D eigenvalue weighted by molar-refractivity contribution is -0.145. The van der Waals surface area contributed by atoms with Crippen LogP contribution in [0.5, 0.6) is 0 Å². The number of carboxylic acids is 1. The molecule has 0 fully saturated rings. The average molecular weight is 567 g/mol. The fourth-order valence-corrected chi connectivity index (χ4v) is 4.25. The predicted molar refractivity (Wildman–Crippen MR) is 152 cm³/mol. The molecular formula is C31H38N2O8. The molecule has 1 aromatic heterocycles. The van der Waals surface area contributed by atoms with E-state index in [1.54, 1.807) is 56.3 Å². The lowest BCUT2D eigenvalue weighted by atomic mass is 9.87. The molecule has 2 aromatic rings. The van der Waals surface area contributed by atoms with E-state index in [-0.39, 0.29) is 43.9 Å². The number of carbonyl (C=O) groups excluding carboxylic acids is 4. The van der Waals surface area contributed by atoms with Crippen LogP contribution in [-0.2, 0) is 36.9 Å². The fourth-order valence-electron chi connectivity index (χ4n) is 4.25. The molecule has 10 nitrogen and oxygen atoms in total. The lowest BCUT2D eigenvalue weighted by Gasteiger charge is -2.18. The maximum atomic E-state index is 13.3. The molecule has 220 valence electrons. The van der Waals surface area contributed by atoms with E-state index in [0.29, 0.717) is 18.4 Å². The molecule has 2 N–H and O–H groups in total. The number of Topliss-reactive ketones (excluding diaryl/α,β-unsaturated/α-hetero) is 2. The summed E-state index contributed by atoms with van der Waals surface area (Å²) in [5.41, 5.74) is -0.0343. The predicted octanol–water partition coefficient (Wildman–Crippen LogP) is 3.36. The maximum absolute atomic E-state index is 13.3. The number of aliphatic carboxylic acids is 1. The number of allylic oxidation sites excluding steroid dienone is 1. The van der Waals surface area contributed by atoms with Crippen LogP contribution in [0.4, 0.5) is 0 Å². The number of hydrogen-bond acceptors (Lipinski definition) is 7. The van der Waals surface area contributed by atoms with Gasteiger partial charge in [0.05, 0.1) is 25.1 Å². The first-order valence-corrected chi connectivity index (χ1v) is 13.7. The highest BCUT2D eigenvalue weighted by atomic mass is 16.5. The summed E-state index contributed by atoms with van der Waals surface area (Å²) in [5.74, 6) is -3.88. The fraction of sp³-hybridized carbons (Fsp3) is 0.419. The van der Waals surface area contributed by atoms with Crippen molar-refractivity contribution in [2.45, 2.75) is 65.5 Å². The van der Waals surface area contributed by atoms with Crippen molar-refractivity contribution in [3.05, 3.63) is 82.3 Å². The Balaban J connectivity index is 2.18. The van der Waals surface area contributed by atoms with Gasteiger partial charge in [-0.15, -0.1) is 0 Å². The molecule has 3 atom stereocenters.